The van der Waals surface area contributed by atoms with E-state index in [2.05, 4.69) is 20.8 Å². The van der Waals surface area contributed by atoms with Crippen LogP contribution in [0.4, 0.5) is 0 Å². The van der Waals surface area contributed by atoms with Crippen molar-refractivity contribution < 1.29 is 4.74 Å². The van der Waals surface area contributed by atoms with Crippen LogP contribution in [0.5, 0.6) is 0 Å². The molecule has 0 spiro atoms. The quantitative estimate of drug-likeness (QED) is 0.563. The average molecular weight is 154 g/mol. The molecule has 1 aliphatic heterocycles. The molecule has 0 radical (unpaired) electrons. The third-order valence-corrected chi connectivity index (χ3v) is 3.68. The molecule has 0 aromatic carbocycles. The van der Waals surface area contributed by atoms with Crippen LogP contribution in [0.3, 0.4) is 0 Å². The normalized spacial score (nSPS) is 49.1. The zero-order chi connectivity index (χ0) is 8.06. The fourth-order valence-corrected chi connectivity index (χ4v) is 2.69. The number of ether oxygens (including phenoxy) is 1. The Kier molecular flexibility index (Phi) is 1.54. The Labute approximate surface area is 69.1 Å². The molecule has 3 atom stereocenters. The van der Waals surface area contributed by atoms with Gasteiger partial charge in [-0.3, -0.25) is 0 Å². The third kappa shape index (κ3) is 1.01. The molecule has 1 aliphatic carbocycles. The van der Waals surface area contributed by atoms with Crippen molar-refractivity contribution in [2.24, 2.45) is 17.3 Å². The van der Waals surface area contributed by atoms with Crippen molar-refractivity contribution in [3.8, 4) is 0 Å². The Morgan fingerprint density at radius 2 is 2.09 bits per heavy atom. The number of hydrogen-bond acceptors (Lipinski definition) is 1. The second kappa shape index (κ2) is 2.22. The van der Waals surface area contributed by atoms with Gasteiger partial charge in [-0.05, 0) is 37.0 Å². The lowest BCUT2D eigenvalue weighted by molar-refractivity contribution is -0.0129. The summed E-state index contributed by atoms with van der Waals surface area (Å²) in [7, 11) is 0. The van der Waals surface area contributed by atoms with E-state index in [4.69, 9.17) is 4.74 Å². The maximum atomic E-state index is 5.61. The second-order valence-corrected chi connectivity index (χ2v) is 4.64. The van der Waals surface area contributed by atoms with Crippen molar-refractivity contribution in [1.29, 1.82) is 0 Å². The van der Waals surface area contributed by atoms with Gasteiger partial charge in [0.05, 0.1) is 12.7 Å². The van der Waals surface area contributed by atoms with E-state index in [9.17, 15) is 0 Å². The third-order valence-electron chi connectivity index (χ3n) is 3.68. The summed E-state index contributed by atoms with van der Waals surface area (Å²) in [5, 5.41) is 0. The molecule has 11 heavy (non-hydrogen) atoms. The first-order valence-corrected chi connectivity index (χ1v) is 4.77. The molecule has 64 valence electrons. The monoisotopic (exact) mass is 154 g/mol. The van der Waals surface area contributed by atoms with Crippen LogP contribution >= 0.6 is 0 Å². The lowest BCUT2D eigenvalue weighted by Crippen LogP contribution is -2.28. The summed E-state index contributed by atoms with van der Waals surface area (Å²) in [5.74, 6) is 1.76. The summed E-state index contributed by atoms with van der Waals surface area (Å²) in [6.45, 7) is 7.95. The van der Waals surface area contributed by atoms with Crippen molar-refractivity contribution in [3.05, 3.63) is 0 Å². The Morgan fingerprint density at radius 3 is 2.64 bits per heavy atom. The van der Waals surface area contributed by atoms with Gasteiger partial charge in [0.2, 0.25) is 0 Å². The van der Waals surface area contributed by atoms with E-state index in [1.807, 2.05) is 0 Å². The van der Waals surface area contributed by atoms with Gasteiger partial charge in [0.15, 0.2) is 0 Å². The summed E-state index contributed by atoms with van der Waals surface area (Å²) >= 11 is 0. The highest BCUT2D eigenvalue weighted by atomic mass is 16.5. The largest absolute Gasteiger partial charge is 0.378 e. The Bertz CT molecular complexity index is 164. The summed E-state index contributed by atoms with van der Waals surface area (Å²) in [5.41, 5.74) is 0.692. The maximum absolute atomic E-state index is 5.61. The molecule has 0 N–H and O–H groups in total. The lowest BCUT2D eigenvalue weighted by Gasteiger charge is -2.30. The highest BCUT2D eigenvalue weighted by Crippen LogP contribution is 2.63. The molecule has 0 unspecified atom stereocenters. The van der Waals surface area contributed by atoms with Gasteiger partial charge in [-0.2, -0.15) is 0 Å². The molecule has 1 heteroatoms. The van der Waals surface area contributed by atoms with Gasteiger partial charge in [0, 0.05) is 0 Å². The van der Waals surface area contributed by atoms with Crippen LogP contribution in [0.2, 0.25) is 0 Å². The predicted molar refractivity (Wildman–Crippen MR) is 45.4 cm³/mol. The molecular formula is C10H18O. The molecule has 2 fully saturated rings. The van der Waals surface area contributed by atoms with Crippen molar-refractivity contribution in [1.82, 2.24) is 0 Å². The van der Waals surface area contributed by atoms with Crippen molar-refractivity contribution >= 4 is 0 Å². The van der Waals surface area contributed by atoms with Gasteiger partial charge in [-0.15, -0.1) is 0 Å². The Morgan fingerprint density at radius 1 is 1.36 bits per heavy atom. The average Bonchev–Trinajstić information content (AvgIpc) is 2.62. The van der Waals surface area contributed by atoms with Gasteiger partial charge < -0.3 is 4.74 Å². The number of rotatable bonds is 1. The fraction of sp³-hybridized carbons (Fsp3) is 1.00. The molecule has 2 aliphatic rings. The molecular weight excluding hydrogens is 136 g/mol. The SMILES string of the molecule is CC(C)[C@]12C[C@H]1CO[C@@H](C)C2. The number of hydrogen-bond donors (Lipinski definition) is 0. The van der Waals surface area contributed by atoms with E-state index >= 15 is 0 Å². The van der Waals surface area contributed by atoms with Gasteiger partial charge >= 0.3 is 0 Å². The Balaban J connectivity index is 2.06. The lowest BCUT2D eigenvalue weighted by atomic mass is 9.83. The molecule has 0 aromatic rings. The van der Waals surface area contributed by atoms with E-state index in [1.54, 1.807) is 0 Å². The molecule has 1 heterocycles. The first-order chi connectivity index (χ1) is 5.15. The molecule has 1 saturated carbocycles. The van der Waals surface area contributed by atoms with Crippen molar-refractivity contribution in [3.63, 3.8) is 0 Å². The minimum absolute atomic E-state index is 0.510. The predicted octanol–water partition coefficient (Wildman–Crippen LogP) is 2.46. The molecule has 1 nitrogen and oxygen atoms in total. The maximum Gasteiger partial charge on any atom is 0.0552 e. The van der Waals surface area contributed by atoms with Crippen LogP contribution < -0.4 is 0 Å². The minimum Gasteiger partial charge on any atom is -0.378 e. The summed E-state index contributed by atoms with van der Waals surface area (Å²) in [4.78, 5) is 0. The topological polar surface area (TPSA) is 9.23 Å². The van der Waals surface area contributed by atoms with Crippen LogP contribution in [0.15, 0.2) is 0 Å². The van der Waals surface area contributed by atoms with Crippen molar-refractivity contribution in [2.45, 2.75) is 39.7 Å². The van der Waals surface area contributed by atoms with Gasteiger partial charge in [-0.25, -0.2) is 0 Å². The van der Waals surface area contributed by atoms with E-state index in [0.717, 1.165) is 18.4 Å². The zero-order valence-corrected chi connectivity index (χ0v) is 7.76. The van der Waals surface area contributed by atoms with Crippen LogP contribution in [0.1, 0.15) is 33.6 Å². The van der Waals surface area contributed by atoms with E-state index in [-0.39, 0.29) is 0 Å². The van der Waals surface area contributed by atoms with E-state index < -0.39 is 0 Å². The molecule has 0 bridgehead atoms. The van der Waals surface area contributed by atoms with Gasteiger partial charge in [0.1, 0.15) is 0 Å². The van der Waals surface area contributed by atoms with Gasteiger partial charge in [0.25, 0.3) is 0 Å². The first-order valence-electron chi connectivity index (χ1n) is 4.77. The van der Waals surface area contributed by atoms with Crippen LogP contribution in [0.25, 0.3) is 0 Å². The molecule has 1 saturated heterocycles. The number of fused-ring (bicyclic) bond motifs is 1. The highest BCUT2D eigenvalue weighted by molar-refractivity contribution is 5.06. The summed E-state index contributed by atoms with van der Waals surface area (Å²) in [6, 6.07) is 0. The second-order valence-electron chi connectivity index (χ2n) is 4.64. The minimum atomic E-state index is 0.510. The first kappa shape index (κ1) is 7.60. The van der Waals surface area contributed by atoms with E-state index in [0.29, 0.717) is 11.5 Å². The van der Waals surface area contributed by atoms with E-state index in [1.165, 1.54) is 12.8 Å². The van der Waals surface area contributed by atoms with Gasteiger partial charge in [-0.1, -0.05) is 13.8 Å². The summed E-state index contributed by atoms with van der Waals surface area (Å²) < 4.78 is 5.61. The van der Waals surface area contributed by atoms with Crippen LogP contribution in [-0.4, -0.2) is 12.7 Å². The zero-order valence-electron chi connectivity index (χ0n) is 7.76. The molecule has 0 aromatic heterocycles. The standard InChI is InChI=1S/C10H18O/c1-7(2)10-4-8(3)11-6-9(10)5-10/h7-9H,4-6H2,1-3H3/t8-,9-,10-/m0/s1. The highest BCUT2D eigenvalue weighted by Gasteiger charge is 2.58. The van der Waals surface area contributed by atoms with Crippen LogP contribution in [0, 0.1) is 17.3 Å². The van der Waals surface area contributed by atoms with Crippen LogP contribution in [-0.2, 0) is 4.74 Å². The fourth-order valence-electron chi connectivity index (χ4n) is 2.69. The summed E-state index contributed by atoms with van der Waals surface area (Å²) in [6.07, 6.45) is 3.24. The Hall–Kier alpha value is -0.0400. The molecule has 2 rings (SSSR count). The smallest absolute Gasteiger partial charge is 0.0552 e. The van der Waals surface area contributed by atoms with Crippen molar-refractivity contribution in [2.75, 3.05) is 6.61 Å². The molecule has 0 amide bonds.